The van der Waals surface area contributed by atoms with Crippen LogP contribution in [0.2, 0.25) is 0 Å². The van der Waals surface area contributed by atoms with Gasteiger partial charge in [0.05, 0.1) is 0 Å². The predicted molar refractivity (Wildman–Crippen MR) is 83.2 cm³/mol. The van der Waals surface area contributed by atoms with Crippen molar-refractivity contribution in [3.05, 3.63) is 28.7 Å². The number of anilines is 1. The maximum atomic E-state index is 3.71. The molecule has 4 aliphatic carbocycles. The van der Waals surface area contributed by atoms with Crippen LogP contribution in [0.5, 0.6) is 0 Å². The molecule has 4 saturated carbocycles. The van der Waals surface area contributed by atoms with Crippen molar-refractivity contribution in [3.8, 4) is 0 Å². The molecule has 1 N–H and O–H groups in total. The Morgan fingerprint density at radius 3 is 2.00 bits per heavy atom. The molecule has 0 spiro atoms. The molecule has 1 nitrogen and oxygen atoms in total. The van der Waals surface area contributed by atoms with E-state index in [-0.39, 0.29) is 0 Å². The first-order valence-electron chi connectivity index (χ1n) is 7.70. The second-order valence-electron chi connectivity index (χ2n) is 7.28. The first-order chi connectivity index (χ1) is 9.21. The van der Waals surface area contributed by atoms with Gasteiger partial charge in [-0.25, -0.2) is 0 Å². The topological polar surface area (TPSA) is 12.0 Å². The van der Waals surface area contributed by atoms with Crippen LogP contribution in [0.1, 0.15) is 38.5 Å². The summed E-state index contributed by atoms with van der Waals surface area (Å²) < 4.78 is 1.16. The Morgan fingerprint density at radius 2 is 1.47 bits per heavy atom. The van der Waals surface area contributed by atoms with E-state index in [1.165, 1.54) is 50.8 Å². The van der Waals surface area contributed by atoms with Gasteiger partial charge in [-0.3, -0.25) is 0 Å². The Morgan fingerprint density at radius 1 is 0.947 bits per heavy atom. The predicted octanol–water partition coefficient (Wildman–Crippen LogP) is 5.08. The van der Waals surface area contributed by atoms with Crippen molar-refractivity contribution in [2.45, 2.75) is 38.5 Å². The van der Waals surface area contributed by atoms with Crippen LogP contribution in [0.3, 0.4) is 0 Å². The summed E-state index contributed by atoms with van der Waals surface area (Å²) in [7, 11) is 0. The Balaban J connectivity index is 1.46. The molecule has 102 valence electrons. The quantitative estimate of drug-likeness (QED) is 0.819. The SMILES string of the molecule is Brc1ccc(NCC23CC4CC(CC(C4)C2)C3)cc1. The van der Waals surface area contributed by atoms with Crippen LogP contribution in [0.4, 0.5) is 5.69 Å². The highest BCUT2D eigenvalue weighted by molar-refractivity contribution is 9.10. The fourth-order valence-corrected chi connectivity index (χ4v) is 5.63. The first-order valence-corrected chi connectivity index (χ1v) is 8.50. The van der Waals surface area contributed by atoms with E-state index in [9.17, 15) is 0 Å². The molecule has 4 bridgehead atoms. The van der Waals surface area contributed by atoms with Gasteiger partial charge in [-0.15, -0.1) is 0 Å². The second-order valence-corrected chi connectivity index (χ2v) is 8.19. The molecule has 0 aliphatic heterocycles. The van der Waals surface area contributed by atoms with Gasteiger partial charge in [-0.2, -0.15) is 0 Å². The summed E-state index contributed by atoms with van der Waals surface area (Å²) >= 11 is 3.50. The van der Waals surface area contributed by atoms with Crippen molar-refractivity contribution in [2.75, 3.05) is 11.9 Å². The molecular formula is C17H22BrN. The van der Waals surface area contributed by atoms with Crippen molar-refractivity contribution >= 4 is 21.6 Å². The molecule has 0 saturated heterocycles. The van der Waals surface area contributed by atoms with E-state index in [1.54, 1.807) is 0 Å². The molecule has 4 aliphatic rings. The van der Waals surface area contributed by atoms with Gasteiger partial charge in [0.25, 0.3) is 0 Å². The zero-order chi connectivity index (χ0) is 12.9. The van der Waals surface area contributed by atoms with Crippen LogP contribution >= 0.6 is 15.9 Å². The number of nitrogens with one attached hydrogen (secondary N) is 1. The van der Waals surface area contributed by atoms with Crippen molar-refractivity contribution in [1.82, 2.24) is 0 Å². The lowest BCUT2D eigenvalue weighted by molar-refractivity contribution is -0.0444. The van der Waals surface area contributed by atoms with Crippen LogP contribution < -0.4 is 5.32 Å². The summed E-state index contributed by atoms with van der Waals surface area (Å²) in [5, 5.41) is 3.71. The second kappa shape index (κ2) is 4.51. The molecule has 0 radical (unpaired) electrons. The Labute approximate surface area is 124 Å². The third-order valence-electron chi connectivity index (χ3n) is 5.68. The van der Waals surface area contributed by atoms with E-state index in [0.717, 1.165) is 22.2 Å². The van der Waals surface area contributed by atoms with Gasteiger partial charge in [-0.05, 0) is 86.0 Å². The molecule has 4 fully saturated rings. The van der Waals surface area contributed by atoms with E-state index in [0.29, 0.717) is 5.41 Å². The highest BCUT2D eigenvalue weighted by atomic mass is 79.9. The van der Waals surface area contributed by atoms with Crippen LogP contribution in [-0.2, 0) is 0 Å². The third-order valence-corrected chi connectivity index (χ3v) is 6.21. The number of hydrogen-bond acceptors (Lipinski definition) is 1. The molecule has 1 aromatic rings. The van der Waals surface area contributed by atoms with Crippen LogP contribution in [0, 0.1) is 23.2 Å². The summed E-state index contributed by atoms with van der Waals surface area (Å²) in [6.07, 6.45) is 9.08. The largest absolute Gasteiger partial charge is 0.384 e. The summed E-state index contributed by atoms with van der Waals surface area (Å²) in [5.41, 5.74) is 1.90. The minimum absolute atomic E-state index is 0.627. The van der Waals surface area contributed by atoms with E-state index < -0.39 is 0 Å². The standard InChI is InChI=1S/C17H22BrN/c18-15-1-3-16(4-2-15)19-11-17-8-12-5-13(9-17)7-14(6-12)10-17/h1-4,12-14,19H,5-11H2. The van der Waals surface area contributed by atoms with Gasteiger partial charge in [0.2, 0.25) is 0 Å². The molecule has 0 aromatic heterocycles. The van der Waals surface area contributed by atoms with E-state index >= 15 is 0 Å². The average Bonchev–Trinajstić information content (AvgIpc) is 2.36. The van der Waals surface area contributed by atoms with E-state index in [4.69, 9.17) is 0 Å². The van der Waals surface area contributed by atoms with Gasteiger partial charge >= 0.3 is 0 Å². The fraction of sp³-hybridized carbons (Fsp3) is 0.647. The Hall–Kier alpha value is -0.500. The molecule has 2 heteroatoms. The maximum absolute atomic E-state index is 3.71. The van der Waals surface area contributed by atoms with Gasteiger partial charge < -0.3 is 5.32 Å². The minimum atomic E-state index is 0.627. The molecule has 5 rings (SSSR count). The van der Waals surface area contributed by atoms with Crippen molar-refractivity contribution in [3.63, 3.8) is 0 Å². The van der Waals surface area contributed by atoms with Gasteiger partial charge in [-0.1, -0.05) is 15.9 Å². The van der Waals surface area contributed by atoms with Crippen LogP contribution in [-0.4, -0.2) is 6.54 Å². The molecule has 19 heavy (non-hydrogen) atoms. The highest BCUT2D eigenvalue weighted by Crippen LogP contribution is 2.59. The lowest BCUT2D eigenvalue weighted by Crippen LogP contribution is -2.49. The molecule has 0 unspecified atom stereocenters. The summed E-state index contributed by atoms with van der Waals surface area (Å²) in [6.45, 7) is 1.19. The van der Waals surface area contributed by atoms with E-state index in [2.05, 4.69) is 45.5 Å². The molecule has 1 aromatic carbocycles. The van der Waals surface area contributed by atoms with Gasteiger partial charge in [0.1, 0.15) is 0 Å². The van der Waals surface area contributed by atoms with Crippen LogP contribution in [0.15, 0.2) is 28.7 Å². The third kappa shape index (κ3) is 2.33. The van der Waals surface area contributed by atoms with Crippen molar-refractivity contribution in [2.24, 2.45) is 23.2 Å². The summed E-state index contributed by atoms with van der Waals surface area (Å²) in [6, 6.07) is 8.62. The molecule has 0 amide bonds. The number of halogens is 1. The van der Waals surface area contributed by atoms with Crippen molar-refractivity contribution in [1.29, 1.82) is 0 Å². The molecular weight excluding hydrogens is 298 g/mol. The average molecular weight is 320 g/mol. The van der Waals surface area contributed by atoms with Crippen LogP contribution in [0.25, 0.3) is 0 Å². The van der Waals surface area contributed by atoms with E-state index in [1.807, 2.05) is 0 Å². The number of hydrogen-bond donors (Lipinski definition) is 1. The lowest BCUT2D eigenvalue weighted by Gasteiger charge is -2.57. The monoisotopic (exact) mass is 319 g/mol. The zero-order valence-corrected chi connectivity index (χ0v) is 13.0. The smallest absolute Gasteiger partial charge is 0.0341 e. The Kier molecular flexibility index (Phi) is 2.91. The first kappa shape index (κ1) is 12.3. The van der Waals surface area contributed by atoms with Crippen molar-refractivity contribution < 1.29 is 0 Å². The normalized spacial score (nSPS) is 39.5. The molecule has 0 atom stereocenters. The van der Waals surface area contributed by atoms with Gasteiger partial charge in [0, 0.05) is 16.7 Å². The number of rotatable bonds is 3. The maximum Gasteiger partial charge on any atom is 0.0341 e. The lowest BCUT2D eigenvalue weighted by atomic mass is 9.49. The number of benzene rings is 1. The summed E-state index contributed by atoms with van der Waals surface area (Å²) in [4.78, 5) is 0. The summed E-state index contributed by atoms with van der Waals surface area (Å²) in [5.74, 6) is 3.16. The Bertz CT molecular complexity index is 429. The fourth-order valence-electron chi connectivity index (χ4n) is 5.36. The minimum Gasteiger partial charge on any atom is -0.384 e. The zero-order valence-electron chi connectivity index (χ0n) is 11.4. The highest BCUT2D eigenvalue weighted by Gasteiger charge is 2.50. The molecule has 0 heterocycles. The van der Waals surface area contributed by atoms with Gasteiger partial charge in [0.15, 0.2) is 0 Å².